The largest absolute Gasteiger partial charge is 0.392 e. The molecule has 3 heterocycles. The van der Waals surface area contributed by atoms with E-state index in [4.69, 9.17) is 64.3 Å². The summed E-state index contributed by atoms with van der Waals surface area (Å²) in [5.41, 5.74) is 10.6. The minimum Gasteiger partial charge on any atom is -0.392 e. The number of aliphatic hydroxyl groups excluding tert-OH is 3. The predicted molar refractivity (Wildman–Crippen MR) is 267 cm³/mol. The molecule has 0 spiro atoms. The van der Waals surface area contributed by atoms with Gasteiger partial charge in [0.05, 0.1) is 71.2 Å². The van der Waals surface area contributed by atoms with Crippen molar-refractivity contribution in [3.8, 4) is 0 Å². The quantitative estimate of drug-likeness (QED) is 0.0206. The van der Waals surface area contributed by atoms with Gasteiger partial charge in [0.15, 0.2) is 0 Å². The maximum Gasteiger partial charge on any atom is 0.104 e. The SMILES string of the molecule is C(COCC(COCCCOCC1CO1)OCCCOCC1CO1)COCC1CO1.CC(O)CNCCNCCN(CCNCCNCC(C)O)CC(C)O.NCCNCCNCCNCCN. The molecule has 0 saturated carbocycles. The molecule has 22 nitrogen and oxygen atoms in total. The van der Waals surface area contributed by atoms with E-state index in [1.165, 1.54) is 0 Å². The Morgan fingerprint density at radius 3 is 1.16 bits per heavy atom. The summed E-state index contributed by atoms with van der Waals surface area (Å²) in [6.45, 7) is 30.9. The van der Waals surface area contributed by atoms with Gasteiger partial charge in [-0.15, -0.1) is 0 Å². The highest BCUT2D eigenvalue weighted by molar-refractivity contribution is 4.69. The van der Waals surface area contributed by atoms with Crippen LogP contribution in [0.2, 0.25) is 0 Å². The molecule has 0 radical (unpaired) electrons. The Kier molecular flexibility index (Phi) is 47.6. The van der Waals surface area contributed by atoms with Crippen molar-refractivity contribution >= 4 is 0 Å². The van der Waals surface area contributed by atoms with Crippen LogP contribution in [0.15, 0.2) is 0 Å². The zero-order chi connectivity index (χ0) is 49.4. The van der Waals surface area contributed by atoms with Crippen molar-refractivity contribution in [1.29, 1.82) is 0 Å². The van der Waals surface area contributed by atoms with Crippen LogP contribution >= 0.6 is 0 Å². The Hall–Kier alpha value is -0.880. The van der Waals surface area contributed by atoms with Crippen molar-refractivity contribution in [3.05, 3.63) is 0 Å². The van der Waals surface area contributed by atoms with Crippen molar-refractivity contribution < 1.29 is 58.0 Å². The van der Waals surface area contributed by atoms with E-state index in [0.717, 1.165) is 131 Å². The summed E-state index contributed by atoms with van der Waals surface area (Å²) in [6.07, 6.45) is 2.47. The first-order valence-electron chi connectivity index (χ1n) is 25.7. The van der Waals surface area contributed by atoms with Gasteiger partial charge in [0.25, 0.3) is 0 Å². The highest BCUT2D eigenvalue weighted by Gasteiger charge is 2.23. The summed E-state index contributed by atoms with van der Waals surface area (Å²) in [6, 6.07) is 0. The van der Waals surface area contributed by atoms with E-state index < -0.39 is 0 Å². The second-order valence-corrected chi connectivity index (χ2v) is 17.4. The summed E-state index contributed by atoms with van der Waals surface area (Å²) < 4.78 is 49.4. The Morgan fingerprint density at radius 1 is 0.471 bits per heavy atom. The first kappa shape index (κ1) is 65.1. The fourth-order valence-electron chi connectivity index (χ4n) is 5.95. The zero-order valence-electron chi connectivity index (χ0n) is 42.6. The van der Waals surface area contributed by atoms with Crippen LogP contribution in [-0.2, 0) is 42.6 Å². The summed E-state index contributed by atoms with van der Waals surface area (Å²) >= 11 is 0. The number of hydrogen-bond acceptors (Lipinski definition) is 22. The molecule has 3 rings (SSSR count). The van der Waals surface area contributed by atoms with Crippen molar-refractivity contribution in [2.75, 3.05) is 217 Å². The van der Waals surface area contributed by atoms with Gasteiger partial charge in [-0.05, 0) is 40.0 Å². The summed E-state index contributed by atoms with van der Waals surface area (Å²) in [4.78, 5) is 2.25. The molecule has 408 valence electrons. The van der Waals surface area contributed by atoms with Crippen LogP contribution in [-0.4, -0.2) is 280 Å². The van der Waals surface area contributed by atoms with E-state index in [1.807, 2.05) is 6.92 Å². The molecule has 0 aromatic heterocycles. The molecule has 0 bridgehead atoms. The van der Waals surface area contributed by atoms with E-state index in [9.17, 15) is 5.11 Å². The lowest BCUT2D eigenvalue weighted by Gasteiger charge is -2.24. The van der Waals surface area contributed by atoms with Gasteiger partial charge >= 0.3 is 0 Å². The number of nitrogens with one attached hydrogen (secondary N) is 7. The first-order valence-corrected chi connectivity index (χ1v) is 25.7. The molecule has 0 aliphatic carbocycles. The number of rotatable bonds is 51. The van der Waals surface area contributed by atoms with Crippen LogP contribution in [0.25, 0.3) is 0 Å². The number of aliphatic hydroxyl groups is 3. The second-order valence-electron chi connectivity index (χ2n) is 17.4. The van der Waals surface area contributed by atoms with Crippen LogP contribution in [0.1, 0.15) is 40.0 Å². The van der Waals surface area contributed by atoms with E-state index in [2.05, 4.69) is 42.1 Å². The molecule has 3 fully saturated rings. The molecular formula is C46H102N10O12. The molecular weight excluding hydrogens is 885 g/mol. The lowest BCUT2D eigenvalue weighted by Crippen LogP contribution is -2.42. The third-order valence-electron chi connectivity index (χ3n) is 9.84. The molecule has 0 amide bonds. The Morgan fingerprint density at radius 2 is 0.809 bits per heavy atom. The van der Waals surface area contributed by atoms with Gasteiger partial charge in [0.2, 0.25) is 0 Å². The molecule has 68 heavy (non-hydrogen) atoms. The smallest absolute Gasteiger partial charge is 0.104 e. The molecule has 6 atom stereocenters. The van der Waals surface area contributed by atoms with Crippen molar-refractivity contribution in [2.24, 2.45) is 11.5 Å². The van der Waals surface area contributed by atoms with Gasteiger partial charge in [-0.1, -0.05) is 0 Å². The van der Waals surface area contributed by atoms with E-state index in [0.29, 0.717) is 124 Å². The molecule has 0 aromatic rings. The highest BCUT2D eigenvalue weighted by atomic mass is 16.6. The van der Waals surface area contributed by atoms with Gasteiger partial charge in [0, 0.05) is 164 Å². The summed E-state index contributed by atoms with van der Waals surface area (Å²) in [5.74, 6) is 0. The maximum atomic E-state index is 9.62. The van der Waals surface area contributed by atoms with Crippen LogP contribution < -0.4 is 48.7 Å². The third kappa shape index (κ3) is 52.9. The second kappa shape index (κ2) is 49.7. The Bertz CT molecular complexity index is 957. The van der Waals surface area contributed by atoms with E-state index in [1.54, 1.807) is 13.8 Å². The fraction of sp³-hybridized carbons (Fsp3) is 1.00. The van der Waals surface area contributed by atoms with E-state index >= 15 is 0 Å². The lowest BCUT2D eigenvalue weighted by atomic mass is 10.3. The molecule has 0 aromatic carbocycles. The molecule has 22 heteroatoms. The Labute approximate surface area is 410 Å². The van der Waals surface area contributed by atoms with Gasteiger partial charge < -0.3 is 107 Å². The standard InChI is InChI=1S/C21H38O9.C17H41N5O3.C8H23N5/c1(6-24-12-19-15-28-19)4-22-10-18(27-9-3-8-26-14-21-17-30-21)11-23-5-2-7-25-13-20-16-29-20;1-15(23)12-20-6-4-18-8-10-22(14-17(3)25)11-9-19-5-7-21-13-16(2)24;9-1-3-11-5-7-13-8-6-12-4-2-10/h18-21H,1-17H2;15-21,23-25H,4-14H2,1-3H3;11-13H,1-10H2. The molecule has 3 aliphatic heterocycles. The Balaban J connectivity index is 0.000000550. The van der Waals surface area contributed by atoms with Crippen LogP contribution in [0.3, 0.4) is 0 Å². The number of hydrogen-bond donors (Lipinski definition) is 12. The highest BCUT2D eigenvalue weighted by Crippen LogP contribution is 2.10. The minimum absolute atomic E-state index is 0.0849. The normalized spacial score (nSPS) is 18.9. The van der Waals surface area contributed by atoms with Crippen LogP contribution in [0, 0.1) is 0 Å². The molecule has 3 saturated heterocycles. The van der Waals surface area contributed by atoms with Gasteiger partial charge in [0.1, 0.15) is 24.4 Å². The summed E-state index contributed by atoms with van der Waals surface area (Å²) in [5, 5.41) is 50.7. The van der Waals surface area contributed by atoms with Crippen molar-refractivity contribution in [1.82, 2.24) is 42.1 Å². The predicted octanol–water partition coefficient (Wildman–Crippen LogP) is -3.72. The third-order valence-corrected chi connectivity index (χ3v) is 9.84. The van der Waals surface area contributed by atoms with Crippen LogP contribution in [0.4, 0.5) is 0 Å². The van der Waals surface area contributed by atoms with E-state index in [-0.39, 0.29) is 24.4 Å². The van der Waals surface area contributed by atoms with Gasteiger partial charge in [-0.2, -0.15) is 0 Å². The number of ether oxygens (including phenoxy) is 9. The maximum absolute atomic E-state index is 9.62. The topological polar surface area (TPSA) is 293 Å². The molecule has 6 unspecified atom stereocenters. The number of epoxide rings is 3. The zero-order valence-corrected chi connectivity index (χ0v) is 42.6. The molecule has 3 aliphatic rings. The van der Waals surface area contributed by atoms with Gasteiger partial charge in [-0.25, -0.2) is 0 Å². The molecule has 14 N–H and O–H groups in total. The monoisotopic (exact) mass is 987 g/mol. The van der Waals surface area contributed by atoms with Crippen LogP contribution in [0.5, 0.6) is 0 Å². The van der Waals surface area contributed by atoms with Crippen molar-refractivity contribution in [2.45, 2.75) is 82.8 Å². The first-order chi connectivity index (χ1) is 33.2. The lowest BCUT2D eigenvalue weighted by molar-refractivity contribution is -0.0676. The van der Waals surface area contributed by atoms with Crippen molar-refractivity contribution in [3.63, 3.8) is 0 Å². The fourth-order valence-corrected chi connectivity index (χ4v) is 5.95. The number of nitrogens with two attached hydrogens (primary N) is 2. The van der Waals surface area contributed by atoms with Gasteiger partial charge in [-0.3, -0.25) is 4.90 Å². The average molecular weight is 987 g/mol. The summed E-state index contributed by atoms with van der Waals surface area (Å²) in [7, 11) is 0. The minimum atomic E-state index is -0.333. The number of nitrogens with zero attached hydrogens (tertiary/aromatic N) is 1. The average Bonchev–Trinajstić information content (AvgIpc) is 4.15.